The van der Waals surface area contributed by atoms with Crippen LogP contribution >= 0.6 is 11.3 Å². The minimum absolute atomic E-state index is 0.284. The first-order chi connectivity index (χ1) is 12.3. The van der Waals surface area contributed by atoms with Gasteiger partial charge in [-0.2, -0.15) is 13.2 Å². The molecule has 2 aromatic heterocycles. The number of carbonyl (C=O) groups excluding carboxylic acids is 1. The number of alkyl halides is 3. The molecule has 0 fully saturated rings. The Morgan fingerprint density at radius 2 is 1.96 bits per heavy atom. The molecule has 0 bridgehead atoms. The second-order valence-electron chi connectivity index (χ2n) is 5.48. The Morgan fingerprint density at radius 3 is 2.62 bits per heavy atom. The van der Waals surface area contributed by atoms with Gasteiger partial charge in [0.05, 0.1) is 15.8 Å². The van der Waals surface area contributed by atoms with Crippen molar-refractivity contribution < 1.29 is 18.0 Å². The van der Waals surface area contributed by atoms with E-state index in [1.807, 2.05) is 24.3 Å². The van der Waals surface area contributed by atoms with Gasteiger partial charge < -0.3 is 4.57 Å². The van der Waals surface area contributed by atoms with Crippen molar-refractivity contribution in [2.75, 3.05) is 11.4 Å². The number of carbonyl (C=O) groups is 1. The summed E-state index contributed by atoms with van der Waals surface area (Å²) in [6.45, 7) is 1.53. The molecule has 0 atom stereocenters. The number of halogens is 3. The van der Waals surface area contributed by atoms with Gasteiger partial charge in [0, 0.05) is 18.8 Å². The van der Waals surface area contributed by atoms with Crippen LogP contribution in [0.4, 0.5) is 18.3 Å². The third-order valence-corrected chi connectivity index (χ3v) is 4.81. The predicted molar refractivity (Wildman–Crippen MR) is 93.4 cm³/mol. The lowest BCUT2D eigenvalue weighted by Gasteiger charge is -2.18. The van der Waals surface area contributed by atoms with Crippen molar-refractivity contribution >= 4 is 32.6 Å². The maximum atomic E-state index is 12.8. The van der Waals surface area contributed by atoms with Gasteiger partial charge in [-0.1, -0.05) is 23.5 Å². The van der Waals surface area contributed by atoms with E-state index in [0.29, 0.717) is 17.4 Å². The summed E-state index contributed by atoms with van der Waals surface area (Å²) < 4.78 is 40.1. The molecule has 0 aliphatic heterocycles. The first kappa shape index (κ1) is 18.1. The summed E-state index contributed by atoms with van der Waals surface area (Å²) in [7, 11) is 0. The molecule has 2 heterocycles. The highest BCUT2D eigenvalue weighted by molar-refractivity contribution is 7.22. The van der Waals surface area contributed by atoms with Crippen LogP contribution in [0.25, 0.3) is 10.2 Å². The van der Waals surface area contributed by atoms with Crippen molar-refractivity contribution in [1.82, 2.24) is 9.55 Å². The van der Waals surface area contributed by atoms with E-state index >= 15 is 0 Å². The van der Waals surface area contributed by atoms with Crippen molar-refractivity contribution in [3.05, 3.63) is 58.5 Å². The van der Waals surface area contributed by atoms with Gasteiger partial charge in [-0.3, -0.25) is 14.5 Å². The lowest BCUT2D eigenvalue weighted by molar-refractivity contribution is -0.138. The summed E-state index contributed by atoms with van der Waals surface area (Å²) >= 11 is 1.31. The Morgan fingerprint density at radius 1 is 1.23 bits per heavy atom. The number of likely N-dealkylation sites (N-methyl/N-ethyl adjacent to an activating group) is 1. The fraction of sp³-hybridized carbons (Fsp3) is 0.235. The Kier molecular flexibility index (Phi) is 4.82. The van der Waals surface area contributed by atoms with Crippen LogP contribution in [0.2, 0.25) is 0 Å². The predicted octanol–water partition coefficient (Wildman–Crippen LogP) is 3.53. The van der Waals surface area contributed by atoms with E-state index in [1.54, 1.807) is 6.92 Å². The molecular formula is C17H14F3N3O2S. The molecule has 0 spiro atoms. The SMILES string of the molecule is CCN(C(=O)Cn1cc(C(F)(F)F)ccc1=O)c1nc2ccccc2s1. The largest absolute Gasteiger partial charge is 0.417 e. The van der Waals surface area contributed by atoms with Crippen LogP contribution < -0.4 is 10.5 Å². The van der Waals surface area contributed by atoms with Crippen molar-refractivity contribution in [3.63, 3.8) is 0 Å². The van der Waals surface area contributed by atoms with Crippen LogP contribution in [-0.4, -0.2) is 22.0 Å². The number of amides is 1. The quantitative estimate of drug-likeness (QED) is 0.695. The van der Waals surface area contributed by atoms with Crippen molar-refractivity contribution in [1.29, 1.82) is 0 Å². The van der Waals surface area contributed by atoms with Crippen molar-refractivity contribution in [3.8, 4) is 0 Å². The highest BCUT2D eigenvalue weighted by atomic mass is 32.1. The molecule has 3 rings (SSSR count). The van der Waals surface area contributed by atoms with E-state index in [0.717, 1.165) is 20.9 Å². The number of para-hydroxylation sites is 1. The van der Waals surface area contributed by atoms with Gasteiger partial charge in [0.1, 0.15) is 6.54 Å². The number of pyridine rings is 1. The molecule has 3 aromatic rings. The number of hydrogen-bond donors (Lipinski definition) is 0. The highest BCUT2D eigenvalue weighted by Gasteiger charge is 2.31. The zero-order valence-corrected chi connectivity index (χ0v) is 14.5. The van der Waals surface area contributed by atoms with Gasteiger partial charge in [0.15, 0.2) is 5.13 Å². The van der Waals surface area contributed by atoms with E-state index < -0.39 is 29.8 Å². The lowest BCUT2D eigenvalue weighted by Crippen LogP contribution is -2.36. The molecule has 0 radical (unpaired) electrons. The number of benzene rings is 1. The van der Waals surface area contributed by atoms with Crippen molar-refractivity contribution in [2.24, 2.45) is 0 Å². The first-order valence-electron chi connectivity index (χ1n) is 7.73. The fourth-order valence-electron chi connectivity index (χ4n) is 2.45. The number of nitrogens with zero attached hydrogens (tertiary/aromatic N) is 3. The summed E-state index contributed by atoms with van der Waals surface area (Å²) in [5, 5.41) is 0.443. The van der Waals surface area contributed by atoms with Crippen LogP contribution in [-0.2, 0) is 17.5 Å². The molecule has 26 heavy (non-hydrogen) atoms. The van der Waals surface area contributed by atoms with Crippen LogP contribution in [0, 0.1) is 0 Å². The number of anilines is 1. The average molecular weight is 381 g/mol. The number of fused-ring (bicyclic) bond motifs is 1. The normalized spacial score (nSPS) is 11.7. The van der Waals surface area contributed by atoms with Crippen LogP contribution in [0.15, 0.2) is 47.4 Å². The Bertz CT molecular complexity index is 977. The minimum atomic E-state index is -4.59. The standard InChI is InChI=1S/C17H14F3N3O2S/c1-2-23(16-21-12-5-3-4-6-13(12)26-16)15(25)10-22-9-11(17(18,19)20)7-8-14(22)24/h3-9H,2,10H2,1H3. The number of aromatic nitrogens is 2. The summed E-state index contributed by atoms with van der Waals surface area (Å²) in [6, 6.07) is 8.87. The number of thiazole rings is 1. The molecule has 0 saturated carbocycles. The van der Waals surface area contributed by atoms with Crippen LogP contribution in [0.5, 0.6) is 0 Å². The first-order valence-corrected chi connectivity index (χ1v) is 8.55. The zero-order valence-electron chi connectivity index (χ0n) is 13.7. The van der Waals surface area contributed by atoms with E-state index in [1.165, 1.54) is 16.2 Å². The maximum Gasteiger partial charge on any atom is 0.417 e. The van der Waals surface area contributed by atoms with Crippen LogP contribution in [0.3, 0.4) is 0 Å². The number of rotatable bonds is 4. The van der Waals surface area contributed by atoms with E-state index in [9.17, 15) is 22.8 Å². The minimum Gasteiger partial charge on any atom is -0.305 e. The van der Waals surface area contributed by atoms with Gasteiger partial charge >= 0.3 is 6.18 Å². The van der Waals surface area contributed by atoms with Gasteiger partial charge in [-0.15, -0.1) is 0 Å². The third kappa shape index (κ3) is 3.62. The summed E-state index contributed by atoms with van der Waals surface area (Å²) in [5.41, 5.74) is -0.922. The van der Waals surface area contributed by atoms with E-state index in [2.05, 4.69) is 4.98 Å². The molecule has 1 aromatic carbocycles. The molecule has 0 N–H and O–H groups in total. The smallest absolute Gasteiger partial charge is 0.305 e. The van der Waals surface area contributed by atoms with Gasteiger partial charge in [0.2, 0.25) is 5.91 Å². The Hall–Kier alpha value is -2.68. The average Bonchev–Trinajstić information content (AvgIpc) is 3.00. The summed E-state index contributed by atoms with van der Waals surface area (Å²) in [5.74, 6) is -0.506. The van der Waals surface area contributed by atoms with E-state index in [-0.39, 0.29) is 6.54 Å². The van der Waals surface area contributed by atoms with Crippen molar-refractivity contribution in [2.45, 2.75) is 19.6 Å². The lowest BCUT2D eigenvalue weighted by atomic mass is 10.2. The Balaban J connectivity index is 1.89. The Labute approximate surface area is 150 Å². The van der Waals surface area contributed by atoms with Crippen LogP contribution in [0.1, 0.15) is 12.5 Å². The molecule has 9 heteroatoms. The summed E-state index contributed by atoms with van der Waals surface area (Å²) in [6.07, 6.45) is -3.93. The van der Waals surface area contributed by atoms with E-state index in [4.69, 9.17) is 0 Å². The molecule has 0 aliphatic carbocycles. The fourth-order valence-corrected chi connectivity index (χ4v) is 3.49. The molecule has 0 saturated heterocycles. The topological polar surface area (TPSA) is 55.2 Å². The molecule has 5 nitrogen and oxygen atoms in total. The third-order valence-electron chi connectivity index (χ3n) is 3.75. The summed E-state index contributed by atoms with van der Waals surface area (Å²) in [4.78, 5) is 30.2. The molecule has 0 unspecified atom stereocenters. The van der Waals surface area contributed by atoms with Gasteiger partial charge in [0.25, 0.3) is 5.56 Å². The number of hydrogen-bond acceptors (Lipinski definition) is 4. The highest BCUT2D eigenvalue weighted by Crippen LogP contribution is 2.29. The second-order valence-corrected chi connectivity index (χ2v) is 6.49. The maximum absolute atomic E-state index is 12.8. The monoisotopic (exact) mass is 381 g/mol. The molecule has 1 amide bonds. The van der Waals surface area contributed by atoms with Gasteiger partial charge in [-0.25, -0.2) is 4.98 Å². The molecule has 0 aliphatic rings. The second kappa shape index (κ2) is 6.91. The molecule has 136 valence electrons. The molecular weight excluding hydrogens is 367 g/mol. The van der Waals surface area contributed by atoms with Gasteiger partial charge in [-0.05, 0) is 25.1 Å². The zero-order chi connectivity index (χ0) is 18.9.